The average Bonchev–Trinajstić information content (AvgIpc) is 1.94. The molecule has 0 saturated heterocycles. The standard InChI is InChI=1S/C10H18/c1-4-10-7-8(2)5-6-9(10)3/h5-6,8-10H,4,7H2,1-3H3/t8?,9?,10-/m1/s1. The number of hydrogen-bond donors (Lipinski definition) is 0. The van der Waals surface area contributed by atoms with Crippen LogP contribution < -0.4 is 0 Å². The molecule has 0 bridgehead atoms. The van der Waals surface area contributed by atoms with Crippen LogP contribution in [0.1, 0.15) is 33.6 Å². The Hall–Kier alpha value is -0.260. The van der Waals surface area contributed by atoms with Gasteiger partial charge >= 0.3 is 0 Å². The van der Waals surface area contributed by atoms with E-state index in [9.17, 15) is 0 Å². The van der Waals surface area contributed by atoms with Crippen LogP contribution in [-0.2, 0) is 0 Å². The third-order valence-electron chi connectivity index (χ3n) is 2.69. The predicted octanol–water partition coefficient (Wildman–Crippen LogP) is 3.24. The van der Waals surface area contributed by atoms with Crippen LogP contribution in [-0.4, -0.2) is 0 Å². The zero-order valence-electron chi connectivity index (χ0n) is 7.30. The monoisotopic (exact) mass is 138 g/mol. The quantitative estimate of drug-likeness (QED) is 0.488. The topological polar surface area (TPSA) is 0 Å². The van der Waals surface area contributed by atoms with Gasteiger partial charge in [0.2, 0.25) is 0 Å². The van der Waals surface area contributed by atoms with E-state index >= 15 is 0 Å². The van der Waals surface area contributed by atoms with E-state index in [1.807, 2.05) is 0 Å². The van der Waals surface area contributed by atoms with Crippen LogP contribution in [0.25, 0.3) is 0 Å². The van der Waals surface area contributed by atoms with Gasteiger partial charge in [-0.3, -0.25) is 0 Å². The third kappa shape index (κ3) is 1.62. The molecule has 0 aromatic carbocycles. The molecular formula is C10H18. The molecule has 0 radical (unpaired) electrons. The van der Waals surface area contributed by atoms with Gasteiger partial charge in [-0.2, -0.15) is 0 Å². The molecule has 0 aliphatic heterocycles. The molecule has 0 fully saturated rings. The van der Waals surface area contributed by atoms with Crippen LogP contribution in [0, 0.1) is 17.8 Å². The smallest absolute Gasteiger partial charge is 0.0233 e. The number of hydrogen-bond acceptors (Lipinski definition) is 0. The summed E-state index contributed by atoms with van der Waals surface area (Å²) in [5, 5.41) is 0. The van der Waals surface area contributed by atoms with Crippen LogP contribution in [0.3, 0.4) is 0 Å². The SMILES string of the molecule is CC[C@@H]1CC(C)C=CC1C. The molecule has 3 atom stereocenters. The highest BCUT2D eigenvalue weighted by molar-refractivity contribution is 4.98. The first-order chi connectivity index (χ1) is 4.74. The fourth-order valence-electron chi connectivity index (χ4n) is 1.83. The van der Waals surface area contributed by atoms with Gasteiger partial charge in [-0.05, 0) is 24.2 Å². The minimum atomic E-state index is 0.821. The first kappa shape index (κ1) is 7.84. The minimum Gasteiger partial charge on any atom is -0.0854 e. The molecule has 0 aromatic rings. The summed E-state index contributed by atoms with van der Waals surface area (Å²) in [4.78, 5) is 0. The van der Waals surface area contributed by atoms with Crippen molar-refractivity contribution >= 4 is 0 Å². The van der Waals surface area contributed by atoms with Crippen molar-refractivity contribution in [2.24, 2.45) is 17.8 Å². The van der Waals surface area contributed by atoms with Crippen LogP contribution >= 0.6 is 0 Å². The molecular weight excluding hydrogens is 120 g/mol. The maximum Gasteiger partial charge on any atom is -0.0233 e. The Balaban J connectivity index is 2.53. The van der Waals surface area contributed by atoms with Gasteiger partial charge in [0.1, 0.15) is 0 Å². The summed E-state index contributed by atoms with van der Waals surface area (Å²) in [7, 11) is 0. The maximum absolute atomic E-state index is 2.38. The van der Waals surface area contributed by atoms with Gasteiger partial charge in [-0.15, -0.1) is 0 Å². The third-order valence-corrected chi connectivity index (χ3v) is 2.69. The average molecular weight is 138 g/mol. The molecule has 0 aromatic heterocycles. The summed E-state index contributed by atoms with van der Waals surface area (Å²) in [6, 6.07) is 0. The highest BCUT2D eigenvalue weighted by atomic mass is 14.2. The molecule has 1 rings (SSSR count). The fourth-order valence-corrected chi connectivity index (χ4v) is 1.83. The van der Waals surface area contributed by atoms with Crippen molar-refractivity contribution < 1.29 is 0 Å². The van der Waals surface area contributed by atoms with Crippen molar-refractivity contribution in [1.82, 2.24) is 0 Å². The van der Waals surface area contributed by atoms with Crippen molar-refractivity contribution in [2.75, 3.05) is 0 Å². The summed E-state index contributed by atoms with van der Waals surface area (Å²) in [5.74, 6) is 2.59. The molecule has 2 unspecified atom stereocenters. The number of rotatable bonds is 1. The second-order valence-electron chi connectivity index (χ2n) is 3.63. The van der Waals surface area contributed by atoms with E-state index in [-0.39, 0.29) is 0 Å². The van der Waals surface area contributed by atoms with Gasteiger partial charge in [-0.25, -0.2) is 0 Å². The highest BCUT2D eigenvalue weighted by Gasteiger charge is 2.18. The first-order valence-corrected chi connectivity index (χ1v) is 4.42. The van der Waals surface area contributed by atoms with Crippen molar-refractivity contribution in [3.05, 3.63) is 12.2 Å². The van der Waals surface area contributed by atoms with E-state index in [0.29, 0.717) is 0 Å². The summed E-state index contributed by atoms with van der Waals surface area (Å²) in [5.41, 5.74) is 0. The van der Waals surface area contributed by atoms with Gasteiger partial charge in [-0.1, -0.05) is 39.3 Å². The van der Waals surface area contributed by atoms with E-state index < -0.39 is 0 Å². The lowest BCUT2D eigenvalue weighted by atomic mass is 9.79. The molecule has 10 heavy (non-hydrogen) atoms. The van der Waals surface area contributed by atoms with E-state index in [1.54, 1.807) is 0 Å². The van der Waals surface area contributed by atoms with Gasteiger partial charge in [0.15, 0.2) is 0 Å². The van der Waals surface area contributed by atoms with Crippen LogP contribution in [0.2, 0.25) is 0 Å². The predicted molar refractivity (Wildman–Crippen MR) is 45.9 cm³/mol. The molecule has 0 spiro atoms. The minimum absolute atomic E-state index is 0.821. The van der Waals surface area contributed by atoms with E-state index in [2.05, 4.69) is 32.9 Å². The van der Waals surface area contributed by atoms with Gasteiger partial charge < -0.3 is 0 Å². The highest BCUT2D eigenvalue weighted by Crippen LogP contribution is 2.29. The molecule has 0 saturated carbocycles. The molecule has 0 heterocycles. The van der Waals surface area contributed by atoms with Crippen molar-refractivity contribution in [3.8, 4) is 0 Å². The molecule has 1 aliphatic rings. The number of allylic oxidation sites excluding steroid dienone is 2. The molecule has 58 valence electrons. The normalized spacial score (nSPS) is 40.1. The van der Waals surface area contributed by atoms with E-state index in [1.165, 1.54) is 12.8 Å². The lowest BCUT2D eigenvalue weighted by Gasteiger charge is -2.26. The van der Waals surface area contributed by atoms with E-state index in [0.717, 1.165) is 17.8 Å². The Morgan fingerprint density at radius 2 is 2.00 bits per heavy atom. The van der Waals surface area contributed by atoms with Crippen LogP contribution in [0.4, 0.5) is 0 Å². The van der Waals surface area contributed by atoms with Gasteiger partial charge in [0.25, 0.3) is 0 Å². The fraction of sp³-hybridized carbons (Fsp3) is 0.800. The van der Waals surface area contributed by atoms with Gasteiger partial charge in [0, 0.05) is 0 Å². The summed E-state index contributed by atoms with van der Waals surface area (Å²) in [6.45, 7) is 6.94. The second-order valence-corrected chi connectivity index (χ2v) is 3.63. The summed E-state index contributed by atoms with van der Waals surface area (Å²) in [6.07, 6.45) is 7.48. The molecule has 0 amide bonds. The van der Waals surface area contributed by atoms with Crippen molar-refractivity contribution in [1.29, 1.82) is 0 Å². The first-order valence-electron chi connectivity index (χ1n) is 4.42. The molecule has 1 aliphatic carbocycles. The summed E-state index contributed by atoms with van der Waals surface area (Å²) >= 11 is 0. The lowest BCUT2D eigenvalue weighted by molar-refractivity contribution is 0.326. The Bertz CT molecular complexity index is 124. The van der Waals surface area contributed by atoms with E-state index in [4.69, 9.17) is 0 Å². The molecule has 0 nitrogen and oxygen atoms in total. The van der Waals surface area contributed by atoms with Gasteiger partial charge in [0.05, 0.1) is 0 Å². The zero-order valence-corrected chi connectivity index (χ0v) is 7.30. The van der Waals surface area contributed by atoms with Crippen molar-refractivity contribution in [3.63, 3.8) is 0 Å². The molecule has 0 N–H and O–H groups in total. The lowest BCUT2D eigenvalue weighted by Crippen LogP contribution is -2.16. The maximum atomic E-state index is 2.38. The van der Waals surface area contributed by atoms with Crippen LogP contribution in [0.15, 0.2) is 12.2 Å². The Kier molecular flexibility index (Phi) is 2.53. The largest absolute Gasteiger partial charge is 0.0854 e. The van der Waals surface area contributed by atoms with Crippen LogP contribution in [0.5, 0.6) is 0 Å². The van der Waals surface area contributed by atoms with Crippen molar-refractivity contribution in [2.45, 2.75) is 33.6 Å². The Labute approximate surface area is 64.3 Å². The Morgan fingerprint density at radius 1 is 1.30 bits per heavy atom. The summed E-state index contributed by atoms with van der Waals surface area (Å²) < 4.78 is 0. The zero-order chi connectivity index (χ0) is 7.56. The second kappa shape index (κ2) is 3.23. The molecule has 0 heteroatoms. The Morgan fingerprint density at radius 3 is 2.50 bits per heavy atom.